The first-order valence-corrected chi connectivity index (χ1v) is 10.6. The SMILES string of the molecule is CCC(C(=O)N1CCN(CCNC(=O)c2ccc(OC)cc2)CC1)c1ccccc1. The van der Waals surface area contributed by atoms with Crippen LogP contribution in [0.1, 0.15) is 35.2 Å². The third-order valence-corrected chi connectivity index (χ3v) is 5.66. The maximum atomic E-state index is 13.0. The third-order valence-electron chi connectivity index (χ3n) is 5.66. The van der Waals surface area contributed by atoms with Crippen LogP contribution in [0.15, 0.2) is 54.6 Å². The molecule has 1 aliphatic heterocycles. The van der Waals surface area contributed by atoms with Crippen LogP contribution in [-0.4, -0.2) is 68.0 Å². The maximum absolute atomic E-state index is 13.0. The van der Waals surface area contributed by atoms with Crippen molar-refractivity contribution in [3.63, 3.8) is 0 Å². The van der Waals surface area contributed by atoms with Crippen LogP contribution in [0, 0.1) is 0 Å². The number of carbonyl (C=O) groups excluding carboxylic acids is 2. The molecule has 0 bridgehead atoms. The van der Waals surface area contributed by atoms with E-state index in [0.717, 1.165) is 50.5 Å². The van der Waals surface area contributed by atoms with E-state index in [9.17, 15) is 9.59 Å². The fourth-order valence-electron chi connectivity index (χ4n) is 3.82. The number of piperazine rings is 1. The average Bonchev–Trinajstić information content (AvgIpc) is 2.80. The van der Waals surface area contributed by atoms with E-state index in [0.29, 0.717) is 12.1 Å². The second-order valence-electron chi connectivity index (χ2n) is 7.52. The van der Waals surface area contributed by atoms with E-state index in [1.807, 2.05) is 35.2 Å². The summed E-state index contributed by atoms with van der Waals surface area (Å²) in [5.74, 6) is 0.800. The summed E-state index contributed by atoms with van der Waals surface area (Å²) < 4.78 is 5.12. The minimum atomic E-state index is -0.0832. The molecule has 3 rings (SSSR count). The number of nitrogens with zero attached hydrogens (tertiary/aromatic N) is 2. The number of ether oxygens (including phenoxy) is 1. The van der Waals surface area contributed by atoms with Crippen molar-refractivity contribution in [1.29, 1.82) is 0 Å². The van der Waals surface area contributed by atoms with Crippen LogP contribution in [0.5, 0.6) is 5.75 Å². The third kappa shape index (κ3) is 5.60. The summed E-state index contributed by atoms with van der Waals surface area (Å²) in [7, 11) is 1.60. The number of nitrogens with one attached hydrogen (secondary N) is 1. The summed E-state index contributed by atoms with van der Waals surface area (Å²) in [6, 6.07) is 17.1. The van der Waals surface area contributed by atoms with Gasteiger partial charge in [0.05, 0.1) is 13.0 Å². The molecular weight excluding hydrogens is 378 g/mol. The van der Waals surface area contributed by atoms with Crippen molar-refractivity contribution in [2.75, 3.05) is 46.4 Å². The van der Waals surface area contributed by atoms with Crippen LogP contribution in [-0.2, 0) is 4.79 Å². The molecule has 6 nitrogen and oxygen atoms in total. The number of carbonyl (C=O) groups is 2. The van der Waals surface area contributed by atoms with Crippen molar-refractivity contribution in [2.24, 2.45) is 0 Å². The highest BCUT2D eigenvalue weighted by Crippen LogP contribution is 2.22. The number of amides is 2. The number of rotatable bonds is 8. The molecule has 1 aliphatic rings. The van der Waals surface area contributed by atoms with Crippen molar-refractivity contribution in [3.05, 3.63) is 65.7 Å². The molecule has 0 aromatic heterocycles. The van der Waals surface area contributed by atoms with Crippen LogP contribution >= 0.6 is 0 Å². The van der Waals surface area contributed by atoms with E-state index in [1.54, 1.807) is 31.4 Å². The van der Waals surface area contributed by atoms with E-state index in [1.165, 1.54) is 0 Å². The zero-order valence-electron chi connectivity index (χ0n) is 17.8. The predicted octanol–water partition coefficient (Wildman–Crippen LogP) is 2.76. The Morgan fingerprint density at radius 3 is 2.27 bits per heavy atom. The molecule has 0 radical (unpaired) electrons. The van der Waals surface area contributed by atoms with E-state index in [-0.39, 0.29) is 17.7 Å². The van der Waals surface area contributed by atoms with Crippen molar-refractivity contribution in [1.82, 2.24) is 15.1 Å². The molecule has 30 heavy (non-hydrogen) atoms. The molecule has 2 aromatic carbocycles. The van der Waals surface area contributed by atoms with Gasteiger partial charge in [-0.1, -0.05) is 37.3 Å². The Hall–Kier alpha value is -2.86. The van der Waals surface area contributed by atoms with Crippen molar-refractivity contribution < 1.29 is 14.3 Å². The fourth-order valence-corrected chi connectivity index (χ4v) is 3.82. The average molecular weight is 410 g/mol. The largest absolute Gasteiger partial charge is 0.497 e. The van der Waals surface area contributed by atoms with Crippen molar-refractivity contribution in [2.45, 2.75) is 19.3 Å². The van der Waals surface area contributed by atoms with E-state index in [4.69, 9.17) is 4.74 Å². The Morgan fingerprint density at radius 2 is 1.67 bits per heavy atom. The van der Waals surface area contributed by atoms with Crippen LogP contribution in [0.2, 0.25) is 0 Å². The molecule has 1 fully saturated rings. The van der Waals surface area contributed by atoms with Crippen molar-refractivity contribution in [3.8, 4) is 5.75 Å². The number of benzene rings is 2. The Balaban J connectivity index is 1.42. The molecule has 2 amide bonds. The van der Waals surface area contributed by atoms with Crippen LogP contribution in [0.4, 0.5) is 0 Å². The van der Waals surface area contributed by atoms with Gasteiger partial charge in [0, 0.05) is 44.8 Å². The maximum Gasteiger partial charge on any atom is 0.251 e. The normalized spacial score (nSPS) is 15.5. The summed E-state index contributed by atoms with van der Waals surface area (Å²) in [4.78, 5) is 29.5. The molecule has 160 valence electrons. The Bertz CT molecular complexity index is 815. The fraction of sp³-hybridized carbons (Fsp3) is 0.417. The number of methoxy groups -OCH3 is 1. The second-order valence-corrected chi connectivity index (χ2v) is 7.52. The van der Waals surface area contributed by atoms with Crippen LogP contribution < -0.4 is 10.1 Å². The standard InChI is InChI=1S/C24H31N3O3/c1-3-22(19-7-5-4-6-8-19)24(29)27-17-15-26(16-18-27)14-13-25-23(28)20-9-11-21(30-2)12-10-20/h4-12,22H,3,13-18H2,1-2H3,(H,25,28). The summed E-state index contributed by atoms with van der Waals surface area (Å²) in [6.45, 7) is 6.55. The predicted molar refractivity (Wildman–Crippen MR) is 118 cm³/mol. The quantitative estimate of drug-likeness (QED) is 0.728. The molecule has 1 atom stereocenters. The minimum Gasteiger partial charge on any atom is -0.497 e. The number of hydrogen-bond acceptors (Lipinski definition) is 4. The lowest BCUT2D eigenvalue weighted by Crippen LogP contribution is -2.51. The second kappa shape index (κ2) is 10.8. The van der Waals surface area contributed by atoms with Gasteiger partial charge in [-0.3, -0.25) is 14.5 Å². The van der Waals surface area contributed by atoms with Crippen LogP contribution in [0.25, 0.3) is 0 Å². The van der Waals surface area contributed by atoms with Gasteiger partial charge in [-0.2, -0.15) is 0 Å². The molecule has 0 spiro atoms. The highest BCUT2D eigenvalue weighted by Gasteiger charge is 2.27. The molecule has 0 saturated carbocycles. The first-order chi connectivity index (χ1) is 14.6. The van der Waals surface area contributed by atoms with Gasteiger partial charge in [-0.15, -0.1) is 0 Å². The molecule has 1 N–H and O–H groups in total. The molecule has 0 aliphatic carbocycles. The van der Waals surface area contributed by atoms with Crippen molar-refractivity contribution >= 4 is 11.8 Å². The lowest BCUT2D eigenvalue weighted by atomic mass is 9.95. The highest BCUT2D eigenvalue weighted by atomic mass is 16.5. The zero-order valence-corrected chi connectivity index (χ0v) is 17.8. The highest BCUT2D eigenvalue weighted by molar-refractivity contribution is 5.94. The monoisotopic (exact) mass is 409 g/mol. The topological polar surface area (TPSA) is 61.9 Å². The molecule has 1 saturated heterocycles. The molecule has 2 aromatic rings. The molecule has 6 heteroatoms. The van der Waals surface area contributed by atoms with Crippen LogP contribution in [0.3, 0.4) is 0 Å². The van der Waals surface area contributed by atoms with Gasteiger partial charge in [0.25, 0.3) is 5.91 Å². The van der Waals surface area contributed by atoms with Gasteiger partial charge in [0.2, 0.25) is 5.91 Å². The molecule has 1 heterocycles. The first-order valence-electron chi connectivity index (χ1n) is 10.6. The van der Waals surface area contributed by atoms with Gasteiger partial charge in [0.15, 0.2) is 0 Å². The van der Waals surface area contributed by atoms with E-state index >= 15 is 0 Å². The van der Waals surface area contributed by atoms with Gasteiger partial charge in [-0.25, -0.2) is 0 Å². The smallest absolute Gasteiger partial charge is 0.251 e. The Kier molecular flexibility index (Phi) is 7.85. The summed E-state index contributed by atoms with van der Waals surface area (Å²) >= 11 is 0. The lowest BCUT2D eigenvalue weighted by molar-refractivity contribution is -0.134. The summed E-state index contributed by atoms with van der Waals surface area (Å²) in [5.41, 5.74) is 1.71. The molecular formula is C24H31N3O3. The summed E-state index contributed by atoms with van der Waals surface area (Å²) in [5, 5.41) is 2.96. The van der Waals surface area contributed by atoms with E-state index < -0.39 is 0 Å². The van der Waals surface area contributed by atoms with E-state index in [2.05, 4.69) is 17.1 Å². The first kappa shape index (κ1) is 21.8. The molecule has 1 unspecified atom stereocenters. The summed E-state index contributed by atoms with van der Waals surface area (Å²) in [6.07, 6.45) is 0.806. The van der Waals surface area contributed by atoms with Gasteiger partial charge in [-0.05, 0) is 36.2 Å². The minimum absolute atomic E-state index is 0.0680. The lowest BCUT2D eigenvalue weighted by Gasteiger charge is -2.36. The number of hydrogen-bond donors (Lipinski definition) is 1. The zero-order chi connectivity index (χ0) is 21.3. The van der Waals surface area contributed by atoms with Gasteiger partial charge in [0.1, 0.15) is 5.75 Å². The Labute approximate surface area is 178 Å². The Morgan fingerprint density at radius 1 is 1.00 bits per heavy atom. The van der Waals surface area contributed by atoms with Gasteiger partial charge >= 0.3 is 0 Å². The van der Waals surface area contributed by atoms with Gasteiger partial charge < -0.3 is 15.0 Å².